The molecule has 0 aliphatic carbocycles. The molecule has 0 amide bonds. The summed E-state index contributed by atoms with van der Waals surface area (Å²) in [6.07, 6.45) is 0.169. The summed E-state index contributed by atoms with van der Waals surface area (Å²) in [7, 11) is 0. The van der Waals surface area contributed by atoms with Crippen molar-refractivity contribution in [2.75, 3.05) is 5.73 Å². The number of halogens is 1. The van der Waals surface area contributed by atoms with Crippen molar-refractivity contribution < 1.29 is 5.11 Å². The summed E-state index contributed by atoms with van der Waals surface area (Å²) in [6.45, 7) is 1.90. The molecular weight excluding hydrogens is 174 g/mol. The molecule has 0 fully saturated rings. The fourth-order valence-corrected chi connectivity index (χ4v) is 1.35. The van der Waals surface area contributed by atoms with E-state index in [2.05, 4.69) is 0 Å². The van der Waals surface area contributed by atoms with Gasteiger partial charge in [0.05, 0.1) is 6.10 Å². The molecule has 1 aromatic rings. The Bertz CT molecular complexity index is 275. The standard InChI is InChI=1S/C9H12ClNO/c1-2-9(12)7-4-3-6(11)5-8(7)10/h3-5,9,12H,2,11H2,1H3. The van der Waals surface area contributed by atoms with E-state index in [0.29, 0.717) is 17.1 Å². The molecule has 1 atom stereocenters. The first-order chi connectivity index (χ1) is 5.65. The second kappa shape index (κ2) is 3.78. The van der Waals surface area contributed by atoms with Crippen molar-refractivity contribution in [3.8, 4) is 0 Å². The highest BCUT2D eigenvalue weighted by molar-refractivity contribution is 6.31. The molecule has 0 saturated carbocycles. The summed E-state index contributed by atoms with van der Waals surface area (Å²) in [5.74, 6) is 0. The number of aliphatic hydroxyl groups excluding tert-OH is 1. The lowest BCUT2D eigenvalue weighted by Crippen LogP contribution is -1.96. The SMILES string of the molecule is CCC(O)c1ccc(N)cc1Cl. The molecule has 0 aromatic heterocycles. The van der Waals surface area contributed by atoms with Gasteiger partial charge >= 0.3 is 0 Å². The zero-order chi connectivity index (χ0) is 9.14. The number of aliphatic hydroxyl groups is 1. The van der Waals surface area contributed by atoms with Gasteiger partial charge in [0.1, 0.15) is 0 Å². The Morgan fingerprint density at radius 3 is 2.75 bits per heavy atom. The number of hydrogen-bond donors (Lipinski definition) is 2. The van der Waals surface area contributed by atoms with E-state index in [4.69, 9.17) is 17.3 Å². The Kier molecular flexibility index (Phi) is 2.95. The highest BCUT2D eigenvalue weighted by atomic mass is 35.5. The molecule has 0 aliphatic rings. The first-order valence-corrected chi connectivity index (χ1v) is 4.26. The molecule has 0 saturated heterocycles. The van der Waals surface area contributed by atoms with E-state index in [1.54, 1.807) is 18.2 Å². The number of anilines is 1. The Morgan fingerprint density at radius 2 is 2.25 bits per heavy atom. The van der Waals surface area contributed by atoms with Gasteiger partial charge in [-0.2, -0.15) is 0 Å². The van der Waals surface area contributed by atoms with Crippen LogP contribution in [-0.4, -0.2) is 5.11 Å². The van der Waals surface area contributed by atoms with E-state index < -0.39 is 6.10 Å². The Hall–Kier alpha value is -0.730. The van der Waals surface area contributed by atoms with Crippen LogP contribution >= 0.6 is 11.6 Å². The molecule has 3 heteroatoms. The van der Waals surface area contributed by atoms with Crippen molar-refractivity contribution in [1.29, 1.82) is 0 Å². The van der Waals surface area contributed by atoms with Crippen LogP contribution in [0.5, 0.6) is 0 Å². The fraction of sp³-hybridized carbons (Fsp3) is 0.333. The topological polar surface area (TPSA) is 46.2 Å². The van der Waals surface area contributed by atoms with Gasteiger partial charge in [0, 0.05) is 10.7 Å². The molecule has 0 heterocycles. The minimum absolute atomic E-state index is 0.488. The van der Waals surface area contributed by atoms with Crippen molar-refractivity contribution in [2.24, 2.45) is 0 Å². The van der Waals surface area contributed by atoms with Crippen LogP contribution in [0.25, 0.3) is 0 Å². The summed E-state index contributed by atoms with van der Waals surface area (Å²) in [4.78, 5) is 0. The van der Waals surface area contributed by atoms with Crippen molar-refractivity contribution in [1.82, 2.24) is 0 Å². The summed E-state index contributed by atoms with van der Waals surface area (Å²) in [5.41, 5.74) is 6.86. The Morgan fingerprint density at radius 1 is 1.58 bits per heavy atom. The molecule has 12 heavy (non-hydrogen) atoms. The largest absolute Gasteiger partial charge is 0.399 e. The minimum atomic E-state index is -0.488. The average Bonchev–Trinajstić information content (AvgIpc) is 2.03. The molecule has 0 aliphatic heterocycles. The van der Waals surface area contributed by atoms with Gasteiger partial charge in [0.25, 0.3) is 0 Å². The van der Waals surface area contributed by atoms with Crippen LogP contribution in [0.2, 0.25) is 5.02 Å². The lowest BCUT2D eigenvalue weighted by molar-refractivity contribution is 0.174. The molecule has 66 valence electrons. The number of hydrogen-bond acceptors (Lipinski definition) is 2. The maximum atomic E-state index is 9.48. The minimum Gasteiger partial charge on any atom is -0.399 e. The smallest absolute Gasteiger partial charge is 0.0801 e. The molecule has 1 unspecified atom stereocenters. The molecular formula is C9H12ClNO. The molecule has 0 spiro atoms. The summed E-state index contributed by atoms with van der Waals surface area (Å²) in [5, 5.41) is 10.0. The van der Waals surface area contributed by atoms with Crippen LogP contribution in [-0.2, 0) is 0 Å². The average molecular weight is 186 g/mol. The van der Waals surface area contributed by atoms with Crippen LogP contribution in [0.3, 0.4) is 0 Å². The maximum absolute atomic E-state index is 9.48. The number of nitrogen functional groups attached to an aromatic ring is 1. The normalized spacial score (nSPS) is 12.9. The van der Waals surface area contributed by atoms with Crippen molar-refractivity contribution in [3.05, 3.63) is 28.8 Å². The van der Waals surface area contributed by atoms with Crippen LogP contribution in [0, 0.1) is 0 Å². The second-order valence-electron chi connectivity index (χ2n) is 2.70. The molecule has 2 nitrogen and oxygen atoms in total. The van der Waals surface area contributed by atoms with E-state index >= 15 is 0 Å². The van der Waals surface area contributed by atoms with E-state index in [-0.39, 0.29) is 0 Å². The summed E-state index contributed by atoms with van der Waals surface area (Å²) < 4.78 is 0. The van der Waals surface area contributed by atoms with E-state index in [0.717, 1.165) is 5.56 Å². The van der Waals surface area contributed by atoms with Crippen molar-refractivity contribution in [3.63, 3.8) is 0 Å². The fourth-order valence-electron chi connectivity index (χ4n) is 1.03. The Balaban J connectivity index is 3.01. The third kappa shape index (κ3) is 1.90. The van der Waals surface area contributed by atoms with E-state index in [1.807, 2.05) is 6.92 Å². The molecule has 0 bridgehead atoms. The summed E-state index contributed by atoms with van der Waals surface area (Å²) in [6, 6.07) is 5.14. The quantitative estimate of drug-likeness (QED) is 0.695. The lowest BCUT2D eigenvalue weighted by Gasteiger charge is -2.10. The van der Waals surface area contributed by atoms with Gasteiger partial charge in [0.15, 0.2) is 0 Å². The Labute approximate surface area is 77.0 Å². The van der Waals surface area contributed by atoms with E-state index in [1.165, 1.54) is 0 Å². The first-order valence-electron chi connectivity index (χ1n) is 3.88. The third-order valence-corrected chi connectivity index (χ3v) is 2.10. The summed E-state index contributed by atoms with van der Waals surface area (Å²) >= 11 is 5.86. The van der Waals surface area contributed by atoms with Gasteiger partial charge in [-0.1, -0.05) is 24.6 Å². The number of rotatable bonds is 2. The van der Waals surface area contributed by atoms with Crippen molar-refractivity contribution in [2.45, 2.75) is 19.4 Å². The number of nitrogens with two attached hydrogens (primary N) is 1. The van der Waals surface area contributed by atoms with Crippen molar-refractivity contribution >= 4 is 17.3 Å². The molecule has 1 aromatic carbocycles. The highest BCUT2D eigenvalue weighted by Crippen LogP contribution is 2.26. The number of benzene rings is 1. The van der Waals surface area contributed by atoms with Crippen LogP contribution in [0.15, 0.2) is 18.2 Å². The van der Waals surface area contributed by atoms with E-state index in [9.17, 15) is 5.11 Å². The predicted octanol–water partition coefficient (Wildman–Crippen LogP) is 2.37. The predicted molar refractivity (Wildman–Crippen MR) is 51.1 cm³/mol. The van der Waals surface area contributed by atoms with Crippen LogP contribution < -0.4 is 5.73 Å². The van der Waals surface area contributed by atoms with Gasteiger partial charge in [0.2, 0.25) is 0 Å². The second-order valence-corrected chi connectivity index (χ2v) is 3.11. The molecule has 0 radical (unpaired) electrons. The first kappa shape index (κ1) is 9.36. The monoisotopic (exact) mass is 185 g/mol. The third-order valence-electron chi connectivity index (χ3n) is 1.77. The van der Waals surface area contributed by atoms with Crippen LogP contribution in [0.4, 0.5) is 5.69 Å². The van der Waals surface area contributed by atoms with Gasteiger partial charge in [-0.05, 0) is 24.1 Å². The van der Waals surface area contributed by atoms with Crippen LogP contribution in [0.1, 0.15) is 25.0 Å². The van der Waals surface area contributed by atoms with Gasteiger partial charge in [-0.25, -0.2) is 0 Å². The van der Waals surface area contributed by atoms with Gasteiger partial charge in [-0.3, -0.25) is 0 Å². The molecule has 3 N–H and O–H groups in total. The highest BCUT2D eigenvalue weighted by Gasteiger charge is 2.08. The van der Waals surface area contributed by atoms with Gasteiger partial charge in [-0.15, -0.1) is 0 Å². The maximum Gasteiger partial charge on any atom is 0.0801 e. The zero-order valence-corrected chi connectivity index (χ0v) is 7.67. The zero-order valence-electron chi connectivity index (χ0n) is 6.92. The lowest BCUT2D eigenvalue weighted by atomic mass is 10.1. The molecule has 1 rings (SSSR count). The van der Waals surface area contributed by atoms with Gasteiger partial charge < -0.3 is 10.8 Å².